The third-order valence-electron chi connectivity index (χ3n) is 2.16. The van der Waals surface area contributed by atoms with Crippen molar-refractivity contribution in [2.75, 3.05) is 13.1 Å². The highest BCUT2D eigenvalue weighted by atomic mass is 19.4. The Kier molecular flexibility index (Phi) is 4.48. The van der Waals surface area contributed by atoms with Gasteiger partial charge >= 0.3 is 12.1 Å². The number of amides is 1. The van der Waals surface area contributed by atoms with Crippen molar-refractivity contribution in [3.63, 3.8) is 0 Å². The van der Waals surface area contributed by atoms with E-state index in [2.05, 4.69) is 5.10 Å². The average molecular weight is 293 g/mol. The third kappa shape index (κ3) is 4.37. The lowest BCUT2D eigenvalue weighted by Gasteiger charge is -2.21. The van der Waals surface area contributed by atoms with Gasteiger partial charge in [-0.05, 0) is 6.07 Å². The average Bonchev–Trinajstić information content (AvgIpc) is 2.28. The predicted octanol–water partition coefficient (Wildman–Crippen LogP) is -0.131. The van der Waals surface area contributed by atoms with E-state index in [9.17, 15) is 27.6 Å². The first-order chi connectivity index (χ1) is 9.10. The summed E-state index contributed by atoms with van der Waals surface area (Å²) in [5.74, 6) is -2.81. The fourth-order valence-electron chi connectivity index (χ4n) is 1.36. The van der Waals surface area contributed by atoms with E-state index in [0.717, 1.165) is 16.8 Å². The van der Waals surface area contributed by atoms with Gasteiger partial charge in [0.25, 0.3) is 11.5 Å². The van der Waals surface area contributed by atoms with Crippen LogP contribution in [0, 0.1) is 0 Å². The zero-order valence-corrected chi connectivity index (χ0v) is 10.2. The van der Waals surface area contributed by atoms with Crippen LogP contribution in [0.25, 0.3) is 0 Å². The molecule has 10 heteroatoms. The molecule has 110 valence electrons. The fraction of sp³-hybridized carbons (Fsp3) is 0.400. The number of aliphatic carboxylic acids is 1. The molecule has 7 nitrogen and oxygen atoms in total. The number of halogens is 3. The van der Waals surface area contributed by atoms with Crippen LogP contribution in [-0.2, 0) is 11.8 Å². The summed E-state index contributed by atoms with van der Waals surface area (Å²) in [7, 11) is 1.21. The van der Waals surface area contributed by atoms with Gasteiger partial charge in [-0.1, -0.05) is 0 Å². The quantitative estimate of drug-likeness (QED) is 0.834. The molecule has 1 amide bonds. The Balaban J connectivity index is 3.05. The van der Waals surface area contributed by atoms with Gasteiger partial charge in [-0.15, -0.1) is 0 Å². The zero-order chi connectivity index (χ0) is 15.5. The molecule has 1 aromatic heterocycles. The number of carbonyl (C=O) groups is 2. The first kappa shape index (κ1) is 15.7. The summed E-state index contributed by atoms with van der Waals surface area (Å²) in [6.45, 7) is -2.84. The number of carboxylic acid groups (broad SMARTS) is 1. The van der Waals surface area contributed by atoms with E-state index in [1.807, 2.05) is 0 Å². The summed E-state index contributed by atoms with van der Waals surface area (Å²) in [5, 5.41) is 12.0. The molecule has 0 radical (unpaired) electrons. The topological polar surface area (TPSA) is 92.5 Å². The normalized spacial score (nSPS) is 11.2. The standard InChI is InChI=1S/C10H10F3N3O4/c1-15-7(17)3-2-6(14-15)9(20)16(4-8(18)19)5-10(11,12)13/h2-3H,4-5H2,1H3,(H,18,19). The van der Waals surface area contributed by atoms with Gasteiger partial charge in [-0.3, -0.25) is 14.4 Å². The molecule has 20 heavy (non-hydrogen) atoms. The van der Waals surface area contributed by atoms with E-state index in [0.29, 0.717) is 0 Å². The number of rotatable bonds is 4. The molecule has 0 aliphatic heterocycles. The van der Waals surface area contributed by atoms with Crippen molar-refractivity contribution in [1.29, 1.82) is 0 Å². The van der Waals surface area contributed by atoms with Crippen LogP contribution < -0.4 is 5.56 Å². The Hall–Kier alpha value is -2.39. The highest BCUT2D eigenvalue weighted by molar-refractivity contribution is 5.94. The lowest BCUT2D eigenvalue weighted by Crippen LogP contribution is -2.42. The molecule has 0 saturated carbocycles. The monoisotopic (exact) mass is 293 g/mol. The second-order valence-electron chi connectivity index (χ2n) is 3.85. The van der Waals surface area contributed by atoms with Crippen LogP contribution in [0.5, 0.6) is 0 Å². The van der Waals surface area contributed by atoms with Crippen molar-refractivity contribution in [1.82, 2.24) is 14.7 Å². The van der Waals surface area contributed by atoms with E-state index in [-0.39, 0.29) is 4.90 Å². The summed E-state index contributed by atoms with van der Waals surface area (Å²) in [6, 6.07) is 1.89. The smallest absolute Gasteiger partial charge is 0.406 e. The molecule has 0 aliphatic rings. The molecule has 0 atom stereocenters. The van der Waals surface area contributed by atoms with Crippen molar-refractivity contribution in [3.8, 4) is 0 Å². The van der Waals surface area contributed by atoms with Crippen LogP contribution in [0.2, 0.25) is 0 Å². The molecule has 1 rings (SSSR count). The summed E-state index contributed by atoms with van der Waals surface area (Å²) >= 11 is 0. The summed E-state index contributed by atoms with van der Waals surface area (Å²) in [4.78, 5) is 33.5. The van der Waals surface area contributed by atoms with Crippen molar-refractivity contribution in [2.45, 2.75) is 6.18 Å². The fourth-order valence-corrected chi connectivity index (χ4v) is 1.36. The van der Waals surface area contributed by atoms with E-state index < -0.39 is 42.4 Å². The molecule has 1 N–H and O–H groups in total. The number of nitrogens with zero attached hydrogens (tertiary/aromatic N) is 3. The minimum atomic E-state index is -4.74. The van der Waals surface area contributed by atoms with E-state index in [1.54, 1.807) is 0 Å². The van der Waals surface area contributed by atoms with Gasteiger partial charge in [0.15, 0.2) is 0 Å². The Morgan fingerprint density at radius 3 is 2.45 bits per heavy atom. The van der Waals surface area contributed by atoms with Crippen LogP contribution >= 0.6 is 0 Å². The summed E-state index contributed by atoms with van der Waals surface area (Å²) < 4.78 is 37.7. The molecular weight excluding hydrogens is 283 g/mol. The van der Waals surface area contributed by atoms with Crippen molar-refractivity contribution < 1.29 is 27.9 Å². The van der Waals surface area contributed by atoms with Crippen LogP contribution in [0.15, 0.2) is 16.9 Å². The van der Waals surface area contributed by atoms with Crippen LogP contribution in [-0.4, -0.2) is 50.9 Å². The molecule has 1 aromatic rings. The lowest BCUT2D eigenvalue weighted by molar-refractivity contribution is -0.149. The Bertz CT molecular complexity index is 582. The molecule has 0 bridgehead atoms. The second-order valence-corrected chi connectivity index (χ2v) is 3.85. The van der Waals surface area contributed by atoms with Gasteiger partial charge in [-0.2, -0.15) is 18.3 Å². The van der Waals surface area contributed by atoms with Gasteiger partial charge in [-0.25, -0.2) is 4.68 Å². The number of aryl methyl sites for hydroxylation is 1. The molecule has 0 spiro atoms. The number of hydrogen-bond donors (Lipinski definition) is 1. The molecule has 0 aromatic carbocycles. The Labute approximate surface area is 110 Å². The van der Waals surface area contributed by atoms with E-state index in [1.165, 1.54) is 7.05 Å². The SMILES string of the molecule is Cn1nc(C(=O)N(CC(=O)O)CC(F)(F)F)ccc1=O. The maximum atomic E-state index is 12.3. The molecule has 0 aliphatic carbocycles. The maximum absolute atomic E-state index is 12.3. The highest BCUT2D eigenvalue weighted by Crippen LogP contribution is 2.17. The number of aromatic nitrogens is 2. The van der Waals surface area contributed by atoms with Gasteiger partial charge in [0.05, 0.1) is 0 Å². The van der Waals surface area contributed by atoms with E-state index in [4.69, 9.17) is 5.11 Å². The minimum Gasteiger partial charge on any atom is -0.480 e. The molecular formula is C10H10F3N3O4. The Morgan fingerprint density at radius 1 is 1.40 bits per heavy atom. The van der Waals surface area contributed by atoms with Crippen LogP contribution in [0.3, 0.4) is 0 Å². The number of carboxylic acids is 1. The molecule has 1 heterocycles. The van der Waals surface area contributed by atoms with Gasteiger partial charge in [0.1, 0.15) is 18.8 Å². The predicted molar refractivity (Wildman–Crippen MR) is 59.1 cm³/mol. The highest BCUT2D eigenvalue weighted by Gasteiger charge is 2.34. The number of carbonyl (C=O) groups excluding carboxylic acids is 1. The third-order valence-corrected chi connectivity index (χ3v) is 2.16. The molecule has 0 saturated heterocycles. The minimum absolute atomic E-state index is 0.0924. The van der Waals surface area contributed by atoms with Crippen molar-refractivity contribution in [2.24, 2.45) is 7.05 Å². The van der Waals surface area contributed by atoms with Gasteiger partial charge in [0.2, 0.25) is 0 Å². The zero-order valence-electron chi connectivity index (χ0n) is 10.2. The van der Waals surface area contributed by atoms with Gasteiger partial charge < -0.3 is 10.0 Å². The lowest BCUT2D eigenvalue weighted by atomic mass is 10.3. The molecule has 0 fully saturated rings. The first-order valence-electron chi connectivity index (χ1n) is 5.22. The van der Waals surface area contributed by atoms with Crippen molar-refractivity contribution >= 4 is 11.9 Å². The maximum Gasteiger partial charge on any atom is 0.406 e. The number of alkyl halides is 3. The van der Waals surface area contributed by atoms with Gasteiger partial charge in [0, 0.05) is 13.1 Å². The van der Waals surface area contributed by atoms with Crippen LogP contribution in [0.4, 0.5) is 13.2 Å². The Morgan fingerprint density at radius 2 is 2.00 bits per heavy atom. The molecule has 0 unspecified atom stereocenters. The van der Waals surface area contributed by atoms with Crippen LogP contribution in [0.1, 0.15) is 10.5 Å². The van der Waals surface area contributed by atoms with E-state index >= 15 is 0 Å². The summed E-state index contributed by atoms with van der Waals surface area (Å²) in [6.07, 6.45) is -4.74. The second kappa shape index (κ2) is 5.72. The van der Waals surface area contributed by atoms with Crippen molar-refractivity contribution in [3.05, 3.63) is 28.2 Å². The largest absolute Gasteiger partial charge is 0.480 e. The first-order valence-corrected chi connectivity index (χ1v) is 5.22. The number of hydrogen-bond acceptors (Lipinski definition) is 4. The summed E-state index contributed by atoms with van der Waals surface area (Å²) in [5.41, 5.74) is -1.00.